The van der Waals surface area contributed by atoms with Gasteiger partial charge in [-0.2, -0.15) is 0 Å². The van der Waals surface area contributed by atoms with E-state index in [0.717, 1.165) is 27.8 Å². The lowest BCUT2D eigenvalue weighted by atomic mass is 9.77. The van der Waals surface area contributed by atoms with E-state index in [0.29, 0.717) is 0 Å². The van der Waals surface area contributed by atoms with Crippen molar-refractivity contribution < 1.29 is 4.79 Å². The topological polar surface area (TPSA) is 20.3 Å². The van der Waals surface area contributed by atoms with Crippen molar-refractivity contribution in [3.8, 4) is 0 Å². The molecule has 2 aliphatic rings. The minimum Gasteiger partial charge on any atom is -0.280 e. The van der Waals surface area contributed by atoms with E-state index in [1.807, 2.05) is 53.4 Å². The van der Waals surface area contributed by atoms with Crippen LogP contribution in [0.4, 0.5) is 11.4 Å². The molecule has 0 saturated heterocycles. The summed E-state index contributed by atoms with van der Waals surface area (Å²) in [5.41, 5.74) is 4.37. The molecule has 150 valence electrons. The summed E-state index contributed by atoms with van der Waals surface area (Å²) in [6, 6.07) is 37.2. The van der Waals surface area contributed by atoms with E-state index in [1.54, 1.807) is 0 Å². The fourth-order valence-electron chi connectivity index (χ4n) is 5.54. The standard InChI is InChI=1S/C28H20BrNO/c29-22-16-17-25-24(18-22)28(26(31)30(25)23-14-8-3-9-15-23)19-27(28,20-10-4-1-5-11-20)21-12-6-2-7-13-21/h1-18H,19H2. The molecule has 2 nitrogen and oxygen atoms in total. The molecule has 3 heteroatoms. The number of fused-ring (bicyclic) bond motifs is 2. The zero-order valence-corrected chi connectivity index (χ0v) is 18.4. The second kappa shape index (κ2) is 6.66. The molecule has 1 aliphatic carbocycles. The quantitative estimate of drug-likeness (QED) is 0.327. The van der Waals surface area contributed by atoms with Crippen LogP contribution >= 0.6 is 15.9 Å². The van der Waals surface area contributed by atoms with Gasteiger partial charge >= 0.3 is 0 Å². The molecule has 4 aromatic carbocycles. The number of amides is 1. The number of carbonyl (C=O) groups excluding carboxylic acids is 1. The van der Waals surface area contributed by atoms with Gasteiger partial charge in [-0.1, -0.05) is 94.8 Å². The van der Waals surface area contributed by atoms with E-state index in [2.05, 4.69) is 76.6 Å². The Kier molecular flexibility index (Phi) is 4.00. The van der Waals surface area contributed by atoms with Crippen molar-refractivity contribution in [2.24, 2.45) is 0 Å². The van der Waals surface area contributed by atoms with E-state index in [-0.39, 0.29) is 11.3 Å². The van der Waals surface area contributed by atoms with Crippen LogP contribution in [0.1, 0.15) is 23.1 Å². The summed E-state index contributed by atoms with van der Waals surface area (Å²) in [6.07, 6.45) is 0.764. The van der Waals surface area contributed by atoms with Gasteiger partial charge in [-0.05, 0) is 53.4 Å². The zero-order chi connectivity index (χ0) is 21.1. The first-order chi connectivity index (χ1) is 15.2. The van der Waals surface area contributed by atoms with Gasteiger partial charge in [-0.3, -0.25) is 9.69 Å². The average Bonchev–Trinajstić information content (AvgIpc) is 3.48. The number of anilines is 2. The lowest BCUT2D eigenvalue weighted by Crippen LogP contribution is -2.34. The van der Waals surface area contributed by atoms with Crippen LogP contribution in [0.15, 0.2) is 114 Å². The number of nitrogens with zero attached hydrogens (tertiary/aromatic N) is 1. The van der Waals surface area contributed by atoms with Crippen LogP contribution in [-0.4, -0.2) is 5.91 Å². The largest absolute Gasteiger partial charge is 0.280 e. The first-order valence-corrected chi connectivity index (χ1v) is 11.3. The molecule has 6 rings (SSSR count). The summed E-state index contributed by atoms with van der Waals surface area (Å²) in [5.74, 6) is 0.152. The second-order valence-electron chi connectivity index (χ2n) is 8.36. The third kappa shape index (κ3) is 2.41. The predicted octanol–water partition coefficient (Wildman–Crippen LogP) is 6.76. The maximum absolute atomic E-state index is 14.3. The Labute approximate surface area is 190 Å². The van der Waals surface area contributed by atoms with Crippen LogP contribution in [0.25, 0.3) is 0 Å². The van der Waals surface area contributed by atoms with Crippen molar-refractivity contribution in [3.05, 3.63) is 130 Å². The maximum atomic E-state index is 14.3. The first kappa shape index (κ1) is 18.6. The highest BCUT2D eigenvalue weighted by atomic mass is 79.9. The summed E-state index contributed by atoms with van der Waals surface area (Å²) in [5, 5.41) is 0. The van der Waals surface area contributed by atoms with E-state index >= 15 is 0 Å². The molecule has 1 spiro atoms. The van der Waals surface area contributed by atoms with Gasteiger partial charge in [-0.15, -0.1) is 0 Å². The van der Waals surface area contributed by atoms with Crippen molar-refractivity contribution >= 4 is 33.2 Å². The smallest absolute Gasteiger partial charge is 0.243 e. The molecule has 1 aliphatic heterocycles. The van der Waals surface area contributed by atoms with Crippen LogP contribution in [0.2, 0.25) is 0 Å². The Balaban J connectivity index is 1.64. The summed E-state index contributed by atoms with van der Waals surface area (Å²) in [7, 11) is 0. The van der Waals surface area contributed by atoms with Crippen molar-refractivity contribution in [1.82, 2.24) is 0 Å². The summed E-state index contributed by atoms with van der Waals surface area (Å²) < 4.78 is 0.996. The summed E-state index contributed by atoms with van der Waals surface area (Å²) in [6.45, 7) is 0. The highest BCUT2D eigenvalue weighted by Gasteiger charge is 2.77. The van der Waals surface area contributed by atoms with Crippen LogP contribution in [-0.2, 0) is 15.6 Å². The molecule has 0 N–H and O–H groups in total. The van der Waals surface area contributed by atoms with Crippen molar-refractivity contribution in [2.45, 2.75) is 17.3 Å². The number of rotatable bonds is 3. The number of carbonyl (C=O) groups is 1. The minimum absolute atomic E-state index is 0.152. The van der Waals surface area contributed by atoms with Gasteiger partial charge in [0, 0.05) is 15.6 Å². The molecule has 1 heterocycles. The van der Waals surface area contributed by atoms with E-state index in [1.165, 1.54) is 11.1 Å². The van der Waals surface area contributed by atoms with Crippen LogP contribution in [0, 0.1) is 0 Å². The lowest BCUT2D eigenvalue weighted by molar-refractivity contribution is -0.119. The number of benzene rings is 4. The molecular formula is C28H20BrNO. The summed E-state index contributed by atoms with van der Waals surface area (Å²) >= 11 is 3.66. The van der Waals surface area contributed by atoms with Crippen LogP contribution < -0.4 is 4.90 Å². The molecular weight excluding hydrogens is 446 g/mol. The van der Waals surface area contributed by atoms with Gasteiger partial charge in [0.1, 0.15) is 0 Å². The van der Waals surface area contributed by atoms with Crippen molar-refractivity contribution in [2.75, 3.05) is 4.90 Å². The fraction of sp³-hybridized carbons (Fsp3) is 0.107. The number of para-hydroxylation sites is 1. The molecule has 0 aromatic heterocycles. The van der Waals surface area contributed by atoms with E-state index < -0.39 is 5.41 Å². The van der Waals surface area contributed by atoms with E-state index in [4.69, 9.17) is 0 Å². The highest BCUT2D eigenvalue weighted by Crippen LogP contribution is 2.73. The van der Waals surface area contributed by atoms with Gasteiger partial charge in [0.25, 0.3) is 0 Å². The second-order valence-corrected chi connectivity index (χ2v) is 9.27. The van der Waals surface area contributed by atoms with E-state index in [9.17, 15) is 4.79 Å². The molecule has 1 fully saturated rings. The monoisotopic (exact) mass is 465 g/mol. The first-order valence-electron chi connectivity index (χ1n) is 10.5. The molecule has 0 radical (unpaired) electrons. The lowest BCUT2D eigenvalue weighted by Gasteiger charge is -2.24. The van der Waals surface area contributed by atoms with Crippen LogP contribution in [0.3, 0.4) is 0 Å². The summed E-state index contributed by atoms with van der Waals surface area (Å²) in [4.78, 5) is 16.2. The Hall–Kier alpha value is -3.17. The third-order valence-corrected chi connectivity index (χ3v) is 7.40. The Bertz CT molecular complexity index is 1250. The van der Waals surface area contributed by atoms with Gasteiger partial charge in [0.15, 0.2) is 0 Å². The third-order valence-electron chi connectivity index (χ3n) is 6.91. The highest BCUT2D eigenvalue weighted by molar-refractivity contribution is 9.10. The van der Waals surface area contributed by atoms with Gasteiger partial charge in [0.05, 0.1) is 11.1 Å². The Morgan fingerprint density at radius 1 is 0.677 bits per heavy atom. The molecule has 1 unspecified atom stereocenters. The molecule has 4 aromatic rings. The molecule has 1 amide bonds. The van der Waals surface area contributed by atoms with Gasteiger partial charge in [-0.25, -0.2) is 0 Å². The predicted molar refractivity (Wildman–Crippen MR) is 128 cm³/mol. The number of halogens is 1. The zero-order valence-electron chi connectivity index (χ0n) is 16.8. The molecule has 1 atom stereocenters. The van der Waals surface area contributed by atoms with Gasteiger partial charge < -0.3 is 0 Å². The van der Waals surface area contributed by atoms with Crippen LogP contribution in [0.5, 0.6) is 0 Å². The molecule has 1 saturated carbocycles. The normalized spacial score (nSPS) is 20.7. The SMILES string of the molecule is O=C1N(c2ccccc2)c2ccc(Br)cc2C12CC2(c1ccccc1)c1ccccc1. The minimum atomic E-state index is -0.620. The average molecular weight is 466 g/mol. The number of hydrogen-bond acceptors (Lipinski definition) is 1. The Morgan fingerprint density at radius 2 is 1.23 bits per heavy atom. The fourth-order valence-corrected chi connectivity index (χ4v) is 5.90. The Morgan fingerprint density at radius 3 is 1.81 bits per heavy atom. The molecule has 0 bridgehead atoms. The van der Waals surface area contributed by atoms with Crippen molar-refractivity contribution in [1.29, 1.82) is 0 Å². The van der Waals surface area contributed by atoms with Gasteiger partial charge in [0.2, 0.25) is 5.91 Å². The van der Waals surface area contributed by atoms with Crippen molar-refractivity contribution in [3.63, 3.8) is 0 Å². The number of hydrogen-bond donors (Lipinski definition) is 0. The molecule has 31 heavy (non-hydrogen) atoms. The maximum Gasteiger partial charge on any atom is 0.243 e.